The van der Waals surface area contributed by atoms with Crippen molar-refractivity contribution in [1.29, 1.82) is 0 Å². The van der Waals surface area contributed by atoms with Crippen LogP contribution >= 0.6 is 11.6 Å². The lowest BCUT2D eigenvalue weighted by Gasteiger charge is -2.37. The molecule has 6 aliphatic carbocycles. The van der Waals surface area contributed by atoms with E-state index in [0.29, 0.717) is 79.7 Å². The van der Waals surface area contributed by atoms with E-state index in [4.69, 9.17) is 11.6 Å². The molecule has 0 heterocycles. The van der Waals surface area contributed by atoms with Crippen molar-refractivity contribution in [3.8, 4) is 0 Å². The maximum absolute atomic E-state index is 12.6. The Kier molecular flexibility index (Phi) is 14.8. The number of aliphatic hydroxyl groups is 3. The van der Waals surface area contributed by atoms with Crippen LogP contribution in [0.3, 0.4) is 0 Å². The zero-order valence-electron chi connectivity index (χ0n) is 39.7. The normalized spacial score (nSPS) is 23.1. The van der Waals surface area contributed by atoms with Gasteiger partial charge in [0.15, 0.2) is 0 Å². The van der Waals surface area contributed by atoms with Gasteiger partial charge >= 0.3 is 0 Å². The monoisotopic (exact) mass is 948 g/mol. The number of fused-ring (bicyclic) bond motifs is 3. The highest BCUT2D eigenvalue weighted by atomic mass is 35.5. The molecule has 0 bridgehead atoms. The molecule has 358 valence electrons. The van der Waals surface area contributed by atoms with E-state index in [-0.39, 0.29) is 29.1 Å². The van der Waals surface area contributed by atoms with Crippen LogP contribution in [0.15, 0.2) is 114 Å². The molecule has 6 aliphatic rings. The van der Waals surface area contributed by atoms with E-state index >= 15 is 0 Å². The van der Waals surface area contributed by atoms with Crippen LogP contribution in [0.25, 0.3) is 17.3 Å². The predicted molar refractivity (Wildman–Crippen MR) is 268 cm³/mol. The Balaban J connectivity index is 0.000000141. The minimum atomic E-state index is -0.545. The van der Waals surface area contributed by atoms with Gasteiger partial charge in [0.05, 0.1) is 0 Å². The summed E-state index contributed by atoms with van der Waals surface area (Å²) in [5.74, 6) is -1.55. The lowest BCUT2D eigenvalue weighted by molar-refractivity contribution is -0.113. The van der Waals surface area contributed by atoms with Gasteiger partial charge in [-0.25, -0.2) is 0 Å². The van der Waals surface area contributed by atoms with Crippen LogP contribution in [-0.4, -0.2) is 50.0 Å². The van der Waals surface area contributed by atoms with Gasteiger partial charge in [-0.3, -0.25) is 28.8 Å². The van der Waals surface area contributed by atoms with E-state index in [1.165, 1.54) is 12.0 Å². The second kappa shape index (κ2) is 20.8. The van der Waals surface area contributed by atoms with Crippen molar-refractivity contribution in [2.75, 3.05) is 0 Å². The van der Waals surface area contributed by atoms with Crippen LogP contribution in [0.4, 0.5) is 0 Å². The summed E-state index contributed by atoms with van der Waals surface area (Å²) in [5.41, 5.74) is 4.98. The van der Waals surface area contributed by atoms with Gasteiger partial charge < -0.3 is 15.3 Å². The van der Waals surface area contributed by atoms with E-state index < -0.39 is 34.7 Å². The van der Waals surface area contributed by atoms with Gasteiger partial charge in [0.1, 0.15) is 17.3 Å². The highest BCUT2D eigenvalue weighted by molar-refractivity contribution is 6.53. The molecule has 0 amide bonds. The summed E-state index contributed by atoms with van der Waals surface area (Å²) in [7, 11) is 0. The van der Waals surface area contributed by atoms with E-state index in [2.05, 4.69) is 32.9 Å². The van der Waals surface area contributed by atoms with Crippen LogP contribution in [-0.2, 0) is 14.4 Å². The average molecular weight is 950 g/mol. The number of Topliss-reactive ketones (excluding diaryl/α,β-unsaturated/α-hetero) is 6. The molecule has 10 rings (SSSR count). The minimum Gasteiger partial charge on any atom is -0.507 e. The predicted octanol–water partition coefficient (Wildman–Crippen LogP) is 13.6. The molecule has 0 radical (unpaired) electrons. The first kappa shape index (κ1) is 49.2. The minimum absolute atomic E-state index is 0.00754. The van der Waals surface area contributed by atoms with E-state index in [9.17, 15) is 44.1 Å². The van der Waals surface area contributed by atoms with Gasteiger partial charge in [0.25, 0.3) is 0 Å². The van der Waals surface area contributed by atoms with Crippen molar-refractivity contribution in [1.82, 2.24) is 0 Å². The van der Waals surface area contributed by atoms with Gasteiger partial charge in [-0.15, -0.1) is 0 Å². The summed E-state index contributed by atoms with van der Waals surface area (Å²) < 4.78 is 0. The van der Waals surface area contributed by atoms with Crippen LogP contribution in [0, 0.1) is 29.1 Å². The second-order valence-corrected chi connectivity index (χ2v) is 21.1. The van der Waals surface area contributed by atoms with Gasteiger partial charge in [0.2, 0.25) is 34.7 Å². The third-order valence-electron chi connectivity index (χ3n) is 15.5. The molecule has 3 fully saturated rings. The maximum atomic E-state index is 12.6. The lowest BCUT2D eigenvalue weighted by Crippen LogP contribution is -2.29. The Labute approximate surface area is 409 Å². The van der Waals surface area contributed by atoms with Crippen molar-refractivity contribution in [2.45, 2.75) is 117 Å². The van der Waals surface area contributed by atoms with Crippen LogP contribution in [0.1, 0.15) is 170 Å². The molecule has 4 aromatic rings. The molecule has 3 N–H and O–H groups in total. The van der Waals surface area contributed by atoms with Crippen LogP contribution in [0.2, 0.25) is 5.02 Å². The third-order valence-corrected chi connectivity index (χ3v) is 15.8. The van der Waals surface area contributed by atoms with Crippen molar-refractivity contribution >= 4 is 63.6 Å². The van der Waals surface area contributed by atoms with Crippen molar-refractivity contribution in [3.63, 3.8) is 0 Å². The first-order valence-corrected chi connectivity index (χ1v) is 25.0. The number of ketones is 6. The van der Waals surface area contributed by atoms with Gasteiger partial charge in [-0.1, -0.05) is 137 Å². The Hall–Kier alpha value is -6.19. The smallest absolute Gasteiger partial charge is 0.234 e. The van der Waals surface area contributed by atoms with E-state index in [1.807, 2.05) is 12.1 Å². The Morgan fingerprint density at radius 1 is 0.435 bits per heavy atom. The molecule has 10 heteroatoms. The second-order valence-electron chi connectivity index (χ2n) is 20.7. The molecule has 3 saturated carbocycles. The molecule has 0 aliphatic heterocycles. The fourth-order valence-corrected chi connectivity index (χ4v) is 11.6. The quantitative estimate of drug-likeness (QED) is 0.165. The Morgan fingerprint density at radius 3 is 1.28 bits per heavy atom. The molecule has 0 aromatic heterocycles. The standard InChI is InChI=1S/C22H19ClO3.C21H26O3.C16H16O3/c23-16-11-9-14(10-12-16)13-5-7-15(8-6-13)19-20(24)17-3-1-2-4-18(17)21(25)22(19)26;1-21(2,3)14-10-8-13(9-11-14)12-17-18(22)15-6-4-5-7-16(15)19(23)20(17)24;17-14-11-8-4-5-9-12(11)15(18)16(19)13(14)10-6-2-1-3-7-10/h1-4,9-13,15,24H,5-8H2;4-7,13-14,22H,8-12H2,1-3H3;4-5,8-10,17H,1-3,6-7H2. The number of allylic oxidation sites excluding steroid dienone is 3. The molecule has 0 atom stereocenters. The number of carbonyl (C=O) groups is 6. The number of benzene rings is 4. The lowest BCUT2D eigenvalue weighted by atomic mass is 9.68. The molecule has 4 aromatic carbocycles. The SMILES string of the molecule is CC(C)(C)C1CCC(CC2=C(O)c3ccccc3C(=O)C2=O)CC1.O=C1C(=O)c2ccccc2C(O)=C1C1CCC(c2ccc(Cl)cc2)CC1.O=C1C(=O)c2ccccc2C(O)=C1C1CCCCC1. The molecule has 0 saturated heterocycles. The molecule has 9 nitrogen and oxygen atoms in total. The highest BCUT2D eigenvalue weighted by Crippen LogP contribution is 2.45. The summed E-state index contributed by atoms with van der Waals surface area (Å²) in [4.78, 5) is 74.1. The topological polar surface area (TPSA) is 163 Å². The van der Waals surface area contributed by atoms with Gasteiger partial charge in [0, 0.05) is 55.1 Å². The third kappa shape index (κ3) is 10.3. The molecule has 69 heavy (non-hydrogen) atoms. The van der Waals surface area contributed by atoms with E-state index in [0.717, 1.165) is 82.1 Å². The first-order valence-electron chi connectivity index (χ1n) is 24.6. The summed E-state index contributed by atoms with van der Waals surface area (Å²) in [5, 5.41) is 32.3. The average Bonchev–Trinajstić information content (AvgIpc) is 3.37. The molecule has 0 spiro atoms. The fourth-order valence-electron chi connectivity index (χ4n) is 11.5. The van der Waals surface area contributed by atoms with Crippen molar-refractivity contribution in [2.24, 2.45) is 29.1 Å². The van der Waals surface area contributed by atoms with E-state index in [1.54, 1.807) is 72.8 Å². The molecule has 0 unspecified atom stereocenters. The number of hydrogen-bond donors (Lipinski definition) is 3. The fraction of sp³-hybridized carbons (Fsp3) is 0.390. The van der Waals surface area contributed by atoms with Crippen molar-refractivity contribution < 1.29 is 44.1 Å². The summed E-state index contributed by atoms with van der Waals surface area (Å²) >= 11 is 5.96. The van der Waals surface area contributed by atoms with Gasteiger partial charge in [-0.2, -0.15) is 0 Å². The number of hydrogen-bond acceptors (Lipinski definition) is 9. The summed E-state index contributed by atoms with van der Waals surface area (Å²) in [6.07, 6.45) is 13.4. The van der Waals surface area contributed by atoms with Crippen LogP contribution < -0.4 is 0 Å². The van der Waals surface area contributed by atoms with Gasteiger partial charge in [-0.05, 0) is 123 Å². The maximum Gasteiger partial charge on any atom is 0.234 e. The number of halogens is 1. The number of aliphatic hydroxyl groups excluding tert-OH is 3. The number of carbonyl (C=O) groups excluding carboxylic acids is 6. The molecular formula is C59H61ClO9. The van der Waals surface area contributed by atoms with Crippen molar-refractivity contribution in [3.05, 3.63) is 158 Å². The molecular weight excluding hydrogens is 888 g/mol. The Morgan fingerprint density at radius 2 is 0.826 bits per heavy atom. The first-order chi connectivity index (χ1) is 33.0. The Bertz CT molecular complexity index is 2780. The number of rotatable bonds is 5. The highest BCUT2D eigenvalue weighted by Gasteiger charge is 2.40. The summed E-state index contributed by atoms with van der Waals surface area (Å²) in [6, 6.07) is 28.3. The van der Waals surface area contributed by atoms with Crippen LogP contribution in [0.5, 0.6) is 0 Å². The largest absolute Gasteiger partial charge is 0.507 e. The summed E-state index contributed by atoms with van der Waals surface area (Å²) in [6.45, 7) is 6.85. The zero-order valence-corrected chi connectivity index (χ0v) is 40.4. The zero-order chi connectivity index (χ0) is 49.1.